The van der Waals surface area contributed by atoms with E-state index in [9.17, 15) is 0 Å². The second kappa shape index (κ2) is 31.6. The van der Waals surface area contributed by atoms with Crippen LogP contribution in [0.1, 0.15) is 54.2 Å². The predicted octanol–water partition coefficient (Wildman–Crippen LogP) is 13.1. The molecule has 1 aliphatic rings. The first kappa shape index (κ1) is 61.3. The van der Waals surface area contributed by atoms with Crippen LogP contribution >= 0.6 is 7.82 Å². The van der Waals surface area contributed by atoms with E-state index >= 15 is 4.57 Å². The smallest absolute Gasteiger partial charge is 0.399 e. The molecule has 1 saturated carbocycles. The second-order valence-electron chi connectivity index (χ2n) is 21.1. The Kier molecular flexibility index (Phi) is 23.3. The Balaban J connectivity index is 1.20. The zero-order chi connectivity index (χ0) is 57.4. The molecule has 2 unspecified atom stereocenters. The van der Waals surface area contributed by atoms with Crippen molar-refractivity contribution in [1.82, 2.24) is 0 Å². The van der Waals surface area contributed by atoms with E-state index in [-0.39, 0.29) is 66.8 Å². The van der Waals surface area contributed by atoms with Crippen LogP contribution in [0.25, 0.3) is 0 Å². The fourth-order valence-corrected chi connectivity index (χ4v) is 16.2. The summed E-state index contributed by atoms with van der Waals surface area (Å²) in [6, 6.07) is 78.7. The number of phosphoric ester groups is 1. The quantitative estimate of drug-likeness (QED) is 0.0172. The molecule has 9 rings (SSSR count). The van der Waals surface area contributed by atoms with Crippen molar-refractivity contribution in [2.75, 3.05) is 27.2 Å². The van der Waals surface area contributed by atoms with Crippen LogP contribution in [0, 0.1) is 0 Å². The largest absolute Gasteiger partial charge is 0.475 e. The molecule has 434 valence electrons. The predicted molar refractivity (Wildman–Crippen MR) is 321 cm³/mol. The Bertz CT molecular complexity index is 2900. The van der Waals surface area contributed by atoms with Gasteiger partial charge in [-0.3, -0.25) is 13.6 Å². The van der Waals surface area contributed by atoms with Gasteiger partial charge < -0.3 is 42.3 Å². The lowest BCUT2D eigenvalue weighted by atomic mass is 9.84. The highest BCUT2D eigenvalue weighted by atomic mass is 31.2. The molecule has 1 fully saturated rings. The van der Waals surface area contributed by atoms with Gasteiger partial charge in [0.1, 0.15) is 63.8 Å². The normalized spacial score (nSPS) is 18.4. The van der Waals surface area contributed by atoms with Gasteiger partial charge in [-0.05, 0) is 48.8 Å². The summed E-state index contributed by atoms with van der Waals surface area (Å²) < 4.78 is 98.1. The second-order valence-corrected chi connectivity index (χ2v) is 27.0. The van der Waals surface area contributed by atoms with Crippen molar-refractivity contribution < 1.29 is 60.5 Å². The Morgan fingerprint density at radius 1 is 0.325 bits per heavy atom. The number of phosphoric acid groups is 1. The van der Waals surface area contributed by atoms with Gasteiger partial charge >= 0.3 is 7.82 Å². The van der Waals surface area contributed by atoms with Crippen molar-refractivity contribution in [3.8, 4) is 0 Å². The Hall–Kier alpha value is -6.27. The molecule has 0 spiro atoms. The third-order valence-corrected chi connectivity index (χ3v) is 20.6. The third kappa shape index (κ3) is 17.6. The Morgan fingerprint density at radius 3 is 0.831 bits per heavy atom. The third-order valence-electron chi connectivity index (χ3n) is 14.2. The van der Waals surface area contributed by atoms with Crippen LogP contribution in [-0.2, 0) is 100 Å². The molecule has 0 radical (unpaired) electrons. The monoisotopic (exact) mass is 1160 g/mol. The van der Waals surface area contributed by atoms with Gasteiger partial charge in [0.05, 0.1) is 39.6 Å². The molecule has 0 saturated heterocycles. The maximum atomic E-state index is 16.0. The molecule has 83 heavy (non-hydrogen) atoms. The zero-order valence-electron chi connectivity index (χ0n) is 47.4. The average molecular weight is 1160 g/mol. The first-order chi connectivity index (χ1) is 40.7. The molecule has 15 heteroatoms. The molecule has 8 aromatic carbocycles. The fraction of sp³-hybridized carbons (Fsp3) is 0.294. The van der Waals surface area contributed by atoms with Crippen LogP contribution < -0.4 is 10.4 Å². The number of ether oxygens (including phenoxy) is 8. The maximum absolute atomic E-state index is 16.0. The molecular formula is C68H75O13PSi. The van der Waals surface area contributed by atoms with Crippen LogP contribution in [0.5, 0.6) is 0 Å². The van der Waals surface area contributed by atoms with Crippen LogP contribution in [0.4, 0.5) is 0 Å². The summed E-state index contributed by atoms with van der Waals surface area (Å²) in [6.45, 7) is 6.19. The summed E-state index contributed by atoms with van der Waals surface area (Å²) in [4.78, 5) is 0. The molecule has 0 heterocycles. The van der Waals surface area contributed by atoms with E-state index in [2.05, 4.69) is 45.0 Å². The van der Waals surface area contributed by atoms with Crippen LogP contribution in [-0.4, -0.2) is 72.1 Å². The number of hydrogen-bond donors (Lipinski definition) is 0. The lowest BCUT2D eigenvalue weighted by Gasteiger charge is -2.53. The summed E-state index contributed by atoms with van der Waals surface area (Å²) >= 11 is 0. The van der Waals surface area contributed by atoms with Crippen molar-refractivity contribution in [3.63, 3.8) is 0 Å². The van der Waals surface area contributed by atoms with E-state index in [1.165, 1.54) is 0 Å². The maximum Gasteiger partial charge on any atom is 0.475 e. The molecule has 0 N–H and O–H groups in total. The summed E-state index contributed by atoms with van der Waals surface area (Å²) in [5.74, 6) is 0. The van der Waals surface area contributed by atoms with Crippen molar-refractivity contribution in [3.05, 3.63) is 276 Å². The minimum absolute atomic E-state index is 0.128. The topological polar surface area (TPSA) is 128 Å². The summed E-state index contributed by atoms with van der Waals surface area (Å²) in [7, 11) is -8.27. The molecular weight excluding hydrogens is 1080 g/mol. The molecule has 13 nitrogen and oxygen atoms in total. The molecule has 0 aliphatic heterocycles. The van der Waals surface area contributed by atoms with Gasteiger partial charge in [0.15, 0.2) is 0 Å². The van der Waals surface area contributed by atoms with E-state index in [4.69, 9.17) is 55.9 Å². The average Bonchev–Trinajstić information content (AvgIpc) is 3.47. The Labute approximate surface area is 490 Å². The van der Waals surface area contributed by atoms with Gasteiger partial charge in [-0.2, -0.15) is 0 Å². The zero-order valence-corrected chi connectivity index (χ0v) is 49.3. The Morgan fingerprint density at radius 2 is 0.566 bits per heavy atom. The van der Waals surface area contributed by atoms with Gasteiger partial charge in [0.25, 0.3) is 8.32 Å². The fourth-order valence-electron chi connectivity index (χ4n) is 10.2. The van der Waals surface area contributed by atoms with E-state index in [1.54, 1.807) is 0 Å². The van der Waals surface area contributed by atoms with Crippen molar-refractivity contribution in [2.45, 2.75) is 102 Å². The summed E-state index contributed by atoms with van der Waals surface area (Å²) in [6.07, 6.45) is -7.28. The van der Waals surface area contributed by atoms with Crippen molar-refractivity contribution in [2.24, 2.45) is 0 Å². The number of rotatable bonds is 32. The highest BCUT2D eigenvalue weighted by Crippen LogP contribution is 2.55. The van der Waals surface area contributed by atoms with Gasteiger partial charge in [-0.25, -0.2) is 4.57 Å². The number of hydrogen-bond acceptors (Lipinski definition) is 13. The molecule has 8 aromatic rings. The molecule has 1 aliphatic carbocycles. The van der Waals surface area contributed by atoms with Gasteiger partial charge in [0.2, 0.25) is 0 Å². The van der Waals surface area contributed by atoms with E-state index < -0.39 is 57.8 Å². The molecule has 0 bridgehead atoms. The highest BCUT2D eigenvalue weighted by molar-refractivity contribution is 7.48. The first-order valence-corrected chi connectivity index (χ1v) is 31.4. The molecule has 0 amide bonds. The van der Waals surface area contributed by atoms with Gasteiger partial charge in [-0.1, -0.05) is 263 Å². The van der Waals surface area contributed by atoms with Crippen LogP contribution in [0.2, 0.25) is 5.04 Å². The van der Waals surface area contributed by atoms with Gasteiger partial charge in [0, 0.05) is 0 Å². The van der Waals surface area contributed by atoms with Crippen LogP contribution in [0.3, 0.4) is 0 Å². The van der Waals surface area contributed by atoms with Crippen molar-refractivity contribution >= 4 is 26.5 Å². The van der Waals surface area contributed by atoms with Crippen molar-refractivity contribution in [1.29, 1.82) is 0 Å². The van der Waals surface area contributed by atoms with Crippen LogP contribution in [0.15, 0.2) is 243 Å². The molecule has 0 aromatic heterocycles. The lowest BCUT2D eigenvalue weighted by molar-refractivity contribution is -0.300. The summed E-state index contributed by atoms with van der Waals surface area (Å²) in [5, 5.41) is 1.44. The molecule has 6 atom stereocenters. The minimum Gasteiger partial charge on any atom is -0.399 e. The van der Waals surface area contributed by atoms with E-state index in [0.717, 1.165) is 43.8 Å². The van der Waals surface area contributed by atoms with E-state index in [0.29, 0.717) is 0 Å². The summed E-state index contributed by atoms with van der Waals surface area (Å²) in [5.41, 5.74) is 5.21. The highest BCUT2D eigenvalue weighted by Gasteiger charge is 2.61. The minimum atomic E-state index is -4.69. The van der Waals surface area contributed by atoms with E-state index in [1.807, 2.05) is 218 Å². The lowest BCUT2D eigenvalue weighted by Crippen LogP contribution is -2.74. The standard InChI is InChI=1S/C68H75O13PSi/c1-68(2,3)83(60-40-24-10-25-41-60,61-42-26-11-27-43-61)81-67-64(76-52-72-46-56-32-16-6-17-33-56)62(74-50-70-44-54-28-12-4-13-29-54)66(80-82(69,78-48-58-36-20-8-21-37-58)79-49-59-38-22-9-23-39-59)63(75-51-71-45-55-30-14-5-15-31-55)65(67)77-53-73-47-57-34-18-7-19-35-57/h4-43,62-67H,44-53H2,1-3H3/t62-,63+,64-,65-,66?,67?/m1/s1. The number of benzene rings is 8. The first-order valence-electron chi connectivity index (χ1n) is 28.0. The van der Waals surface area contributed by atoms with Gasteiger partial charge in [-0.15, -0.1) is 0 Å². The SMILES string of the molecule is CC(C)(C)[Si](OC1[C@H](OCOCc2ccccc2)[C@H](OCOCc2ccccc2)C(OP(=O)(OCc2ccccc2)OCc2ccccc2)[C@H](OCOCc2ccccc2)[C@H]1OCOCc1ccccc1)(c1ccccc1)c1ccccc1.